The molecule has 1 rings (SSSR count). The van der Waals surface area contributed by atoms with E-state index in [2.05, 4.69) is 0 Å². The fraction of sp³-hybridized carbons (Fsp3) is 0.125. The first-order valence-corrected chi connectivity index (χ1v) is 3.82. The highest BCUT2D eigenvalue weighted by Crippen LogP contribution is 2.19. The summed E-state index contributed by atoms with van der Waals surface area (Å²) in [5, 5.41) is 9.06. The van der Waals surface area contributed by atoms with E-state index in [4.69, 9.17) is 22.4 Å². The standard InChI is InChI=1S/C8H7ClFNO2/c9-5-2-1-4(3-6(5)10)7(12)8(11)13/h1-3,7,12H,(H2,11,13)/t7-/m0/s1. The van der Waals surface area contributed by atoms with Crippen molar-refractivity contribution in [1.82, 2.24) is 0 Å². The SMILES string of the molecule is NC(=O)[C@@H](O)c1ccc(Cl)c(F)c1. The van der Waals surface area contributed by atoms with E-state index in [9.17, 15) is 9.18 Å². The van der Waals surface area contributed by atoms with Crippen molar-refractivity contribution in [1.29, 1.82) is 0 Å². The normalized spacial score (nSPS) is 12.5. The van der Waals surface area contributed by atoms with Gasteiger partial charge in [0.1, 0.15) is 5.82 Å². The Bertz CT molecular complexity index is 343. The van der Waals surface area contributed by atoms with Crippen molar-refractivity contribution in [2.75, 3.05) is 0 Å². The molecule has 0 heterocycles. The first-order valence-electron chi connectivity index (χ1n) is 3.44. The van der Waals surface area contributed by atoms with Gasteiger partial charge in [0.2, 0.25) is 0 Å². The van der Waals surface area contributed by atoms with Crippen LogP contribution in [0.2, 0.25) is 5.02 Å². The average molecular weight is 204 g/mol. The minimum absolute atomic E-state index is 0.0691. The van der Waals surface area contributed by atoms with Gasteiger partial charge in [-0.2, -0.15) is 0 Å². The number of amides is 1. The fourth-order valence-corrected chi connectivity index (χ4v) is 0.964. The zero-order valence-electron chi connectivity index (χ0n) is 6.50. The van der Waals surface area contributed by atoms with E-state index in [1.807, 2.05) is 0 Å². The Hall–Kier alpha value is -1.13. The predicted molar refractivity (Wildman–Crippen MR) is 45.6 cm³/mol. The van der Waals surface area contributed by atoms with E-state index >= 15 is 0 Å². The van der Waals surface area contributed by atoms with Crippen molar-refractivity contribution < 1.29 is 14.3 Å². The van der Waals surface area contributed by atoms with E-state index in [-0.39, 0.29) is 10.6 Å². The summed E-state index contributed by atoms with van der Waals surface area (Å²) in [6, 6.07) is 3.55. The molecule has 1 aromatic carbocycles. The molecule has 0 radical (unpaired) electrons. The quantitative estimate of drug-likeness (QED) is 0.753. The Morgan fingerprint density at radius 2 is 2.23 bits per heavy atom. The van der Waals surface area contributed by atoms with Gasteiger partial charge in [-0.05, 0) is 17.7 Å². The van der Waals surface area contributed by atoms with Crippen LogP contribution in [-0.2, 0) is 4.79 Å². The summed E-state index contributed by atoms with van der Waals surface area (Å²) in [4.78, 5) is 10.5. The van der Waals surface area contributed by atoms with Gasteiger partial charge >= 0.3 is 0 Å². The molecule has 3 N–H and O–H groups in total. The number of rotatable bonds is 2. The molecule has 1 aromatic rings. The van der Waals surface area contributed by atoms with Crippen molar-refractivity contribution in [3.63, 3.8) is 0 Å². The van der Waals surface area contributed by atoms with Gasteiger partial charge in [0.05, 0.1) is 5.02 Å². The fourth-order valence-electron chi connectivity index (χ4n) is 0.847. The van der Waals surface area contributed by atoms with Crippen molar-refractivity contribution in [3.8, 4) is 0 Å². The summed E-state index contributed by atoms with van der Waals surface area (Å²) >= 11 is 5.39. The third-order valence-corrected chi connectivity index (χ3v) is 1.84. The van der Waals surface area contributed by atoms with Crippen LogP contribution >= 0.6 is 11.6 Å². The lowest BCUT2D eigenvalue weighted by atomic mass is 10.1. The molecular formula is C8H7ClFNO2. The number of hydrogen-bond acceptors (Lipinski definition) is 2. The number of hydrogen-bond donors (Lipinski definition) is 2. The van der Waals surface area contributed by atoms with Gasteiger partial charge in [0.25, 0.3) is 5.91 Å². The molecule has 0 spiro atoms. The van der Waals surface area contributed by atoms with Crippen molar-refractivity contribution >= 4 is 17.5 Å². The van der Waals surface area contributed by atoms with E-state index in [0.717, 1.165) is 6.07 Å². The minimum Gasteiger partial charge on any atom is -0.378 e. The van der Waals surface area contributed by atoms with Crippen molar-refractivity contribution in [2.45, 2.75) is 6.10 Å². The number of aliphatic hydroxyl groups excluding tert-OH is 1. The Labute approximate surface area is 78.9 Å². The number of primary amides is 1. The zero-order chi connectivity index (χ0) is 10.0. The molecule has 70 valence electrons. The maximum absolute atomic E-state index is 12.8. The molecule has 0 aliphatic carbocycles. The van der Waals surface area contributed by atoms with Gasteiger partial charge in [-0.3, -0.25) is 4.79 Å². The Balaban J connectivity index is 3.03. The van der Waals surface area contributed by atoms with Crippen molar-refractivity contribution in [2.24, 2.45) is 5.73 Å². The van der Waals surface area contributed by atoms with E-state index in [0.29, 0.717) is 0 Å². The molecule has 5 heteroatoms. The molecule has 0 saturated carbocycles. The summed E-state index contributed by atoms with van der Waals surface area (Å²) in [5.41, 5.74) is 4.90. The van der Waals surface area contributed by atoms with Gasteiger partial charge in [-0.15, -0.1) is 0 Å². The van der Waals surface area contributed by atoms with E-state index in [1.165, 1.54) is 12.1 Å². The van der Waals surface area contributed by atoms with Crippen molar-refractivity contribution in [3.05, 3.63) is 34.6 Å². The Kier molecular flexibility index (Phi) is 2.85. The third kappa shape index (κ3) is 2.17. The van der Waals surface area contributed by atoms with Gasteiger partial charge in [-0.25, -0.2) is 4.39 Å². The molecule has 1 amide bonds. The van der Waals surface area contributed by atoms with Crippen LogP contribution in [-0.4, -0.2) is 11.0 Å². The van der Waals surface area contributed by atoms with Crippen LogP contribution in [0.25, 0.3) is 0 Å². The van der Waals surface area contributed by atoms with Crippen LogP contribution < -0.4 is 5.73 Å². The molecule has 0 unspecified atom stereocenters. The van der Waals surface area contributed by atoms with Gasteiger partial charge in [0.15, 0.2) is 6.10 Å². The molecule has 0 aromatic heterocycles. The summed E-state index contributed by atoms with van der Waals surface area (Å²) in [7, 11) is 0. The lowest BCUT2D eigenvalue weighted by Crippen LogP contribution is -2.20. The highest BCUT2D eigenvalue weighted by Gasteiger charge is 2.14. The molecular weight excluding hydrogens is 197 g/mol. The number of aliphatic hydroxyl groups is 1. The second-order valence-corrected chi connectivity index (χ2v) is 2.89. The van der Waals surface area contributed by atoms with Gasteiger partial charge in [-0.1, -0.05) is 17.7 Å². The summed E-state index contributed by atoms with van der Waals surface area (Å²) in [5.74, 6) is -1.62. The highest BCUT2D eigenvalue weighted by molar-refractivity contribution is 6.30. The Morgan fingerprint density at radius 3 is 2.69 bits per heavy atom. The molecule has 3 nitrogen and oxygen atoms in total. The maximum atomic E-state index is 12.8. The lowest BCUT2D eigenvalue weighted by Gasteiger charge is -2.06. The first-order chi connectivity index (χ1) is 6.02. The second kappa shape index (κ2) is 3.72. The third-order valence-electron chi connectivity index (χ3n) is 1.53. The number of carbonyl (C=O) groups is 1. The van der Waals surface area contributed by atoms with Crippen LogP contribution in [0.3, 0.4) is 0 Å². The van der Waals surface area contributed by atoms with E-state index < -0.39 is 17.8 Å². The summed E-state index contributed by atoms with van der Waals surface area (Å²) in [6.07, 6.45) is -1.49. The van der Waals surface area contributed by atoms with Crippen LogP contribution in [0.5, 0.6) is 0 Å². The predicted octanol–water partition coefficient (Wildman–Crippen LogP) is 0.998. The molecule has 0 aliphatic heterocycles. The zero-order valence-corrected chi connectivity index (χ0v) is 7.25. The number of nitrogens with two attached hydrogens (primary N) is 1. The van der Waals surface area contributed by atoms with Crippen LogP contribution in [0, 0.1) is 5.82 Å². The smallest absolute Gasteiger partial charge is 0.250 e. The van der Waals surface area contributed by atoms with Gasteiger partial charge < -0.3 is 10.8 Å². The molecule has 0 fully saturated rings. The van der Waals surface area contributed by atoms with Gasteiger partial charge in [0, 0.05) is 0 Å². The number of benzene rings is 1. The second-order valence-electron chi connectivity index (χ2n) is 2.48. The molecule has 1 atom stereocenters. The number of carbonyl (C=O) groups excluding carboxylic acids is 1. The summed E-state index contributed by atoms with van der Waals surface area (Å²) in [6.45, 7) is 0. The molecule has 0 saturated heterocycles. The molecule has 0 bridgehead atoms. The van der Waals surface area contributed by atoms with Crippen LogP contribution in [0.1, 0.15) is 11.7 Å². The van der Waals surface area contributed by atoms with Crippen LogP contribution in [0.4, 0.5) is 4.39 Å². The average Bonchev–Trinajstić information content (AvgIpc) is 2.08. The Morgan fingerprint density at radius 1 is 1.62 bits per heavy atom. The number of halogens is 2. The maximum Gasteiger partial charge on any atom is 0.250 e. The molecule has 0 aliphatic rings. The topological polar surface area (TPSA) is 63.3 Å². The molecule has 13 heavy (non-hydrogen) atoms. The lowest BCUT2D eigenvalue weighted by molar-refractivity contribution is -0.126. The first kappa shape index (κ1) is 9.95. The van der Waals surface area contributed by atoms with Crippen LogP contribution in [0.15, 0.2) is 18.2 Å². The monoisotopic (exact) mass is 203 g/mol. The highest BCUT2D eigenvalue weighted by atomic mass is 35.5. The summed E-state index contributed by atoms with van der Waals surface area (Å²) < 4.78 is 12.8. The minimum atomic E-state index is -1.49. The largest absolute Gasteiger partial charge is 0.378 e. The van der Waals surface area contributed by atoms with E-state index in [1.54, 1.807) is 0 Å².